The Morgan fingerprint density at radius 2 is 1.05 bits per heavy atom. The van der Waals surface area contributed by atoms with Crippen molar-refractivity contribution in [3.8, 4) is 0 Å². The van der Waals surface area contributed by atoms with Gasteiger partial charge in [-0.05, 0) is 32.1 Å². The van der Waals surface area contributed by atoms with Crippen LogP contribution in [0, 0.1) is 5.92 Å². The number of carbonyl (C=O) groups is 2. The maximum atomic E-state index is 11.6. The number of carboxylic acids is 1. The lowest BCUT2D eigenvalue weighted by molar-refractivity contribution is -0.151. The van der Waals surface area contributed by atoms with Gasteiger partial charge < -0.3 is 9.84 Å². The molecule has 0 radical (unpaired) electrons. The van der Waals surface area contributed by atoms with Crippen molar-refractivity contribution in [2.45, 2.75) is 167 Å². The summed E-state index contributed by atoms with van der Waals surface area (Å²) in [6, 6.07) is 0. The lowest BCUT2D eigenvalue weighted by atomic mass is 9.97. The monoisotopic (exact) mass is 534 g/mol. The smallest absolute Gasteiger partial charge is 0.307 e. The number of esters is 1. The van der Waals surface area contributed by atoms with Crippen molar-refractivity contribution in [1.29, 1.82) is 0 Å². The number of aliphatic carboxylic acids is 1. The number of carbonyl (C=O) groups excluding carboxylic acids is 1. The molecule has 0 bridgehead atoms. The minimum absolute atomic E-state index is 0.0467. The van der Waals surface area contributed by atoms with Crippen molar-refractivity contribution in [3.05, 3.63) is 24.8 Å². The number of ether oxygens (including phenoxy) is 1. The van der Waals surface area contributed by atoms with Gasteiger partial charge in [-0.1, -0.05) is 154 Å². The van der Waals surface area contributed by atoms with Crippen LogP contribution in [0.2, 0.25) is 0 Å². The largest absolute Gasteiger partial charge is 0.481 e. The Morgan fingerprint density at radius 3 is 1.45 bits per heavy atom. The van der Waals surface area contributed by atoms with Crippen molar-refractivity contribution < 1.29 is 19.4 Å². The molecule has 38 heavy (non-hydrogen) atoms. The second kappa shape index (κ2) is 30.0. The first-order valence-electron chi connectivity index (χ1n) is 16.3. The van der Waals surface area contributed by atoms with Gasteiger partial charge in [0, 0.05) is 0 Å². The van der Waals surface area contributed by atoms with Gasteiger partial charge in [0.05, 0.1) is 12.3 Å². The van der Waals surface area contributed by atoms with Crippen LogP contribution in [-0.2, 0) is 14.3 Å². The van der Waals surface area contributed by atoms with Crippen molar-refractivity contribution >= 4 is 11.9 Å². The van der Waals surface area contributed by atoms with Crippen molar-refractivity contribution in [2.24, 2.45) is 5.92 Å². The summed E-state index contributed by atoms with van der Waals surface area (Å²) in [5.41, 5.74) is 0. The lowest BCUT2D eigenvalue weighted by Crippen LogP contribution is -2.19. The summed E-state index contributed by atoms with van der Waals surface area (Å²) in [7, 11) is 0. The first kappa shape index (κ1) is 36.4. The standard InChI is InChI=1S/C34H62O4/c1-3-5-6-7-8-9-10-11-12-13-14-15-16-17-18-19-20-21-22-23-24-25-26-27-28-29-32(34(36)37)31-33(35)38-30-4-2/h4,20-21,32H,2-3,5-19,22-31H2,1H3,(H,36,37)/b21-20+. The molecule has 0 aromatic heterocycles. The number of allylic oxidation sites excluding steroid dienone is 2. The normalized spacial score (nSPS) is 12.1. The molecule has 0 spiro atoms. The van der Waals surface area contributed by atoms with Gasteiger partial charge in [-0.25, -0.2) is 0 Å². The molecule has 0 heterocycles. The minimum Gasteiger partial charge on any atom is -0.481 e. The van der Waals surface area contributed by atoms with E-state index in [0.29, 0.717) is 6.42 Å². The summed E-state index contributed by atoms with van der Waals surface area (Å²) in [6.45, 7) is 5.92. The molecular formula is C34H62O4. The summed E-state index contributed by atoms with van der Waals surface area (Å²) >= 11 is 0. The molecule has 222 valence electrons. The highest BCUT2D eigenvalue weighted by Crippen LogP contribution is 2.17. The van der Waals surface area contributed by atoms with Crippen LogP contribution in [0.3, 0.4) is 0 Å². The van der Waals surface area contributed by atoms with Crippen LogP contribution in [0.4, 0.5) is 0 Å². The van der Waals surface area contributed by atoms with E-state index in [1.165, 1.54) is 134 Å². The molecule has 0 aliphatic rings. The van der Waals surface area contributed by atoms with Crippen LogP contribution in [-0.4, -0.2) is 23.7 Å². The summed E-state index contributed by atoms with van der Waals surface area (Å²) < 4.78 is 4.90. The Labute approximate surface area is 236 Å². The summed E-state index contributed by atoms with van der Waals surface area (Å²) in [5, 5.41) is 9.30. The summed E-state index contributed by atoms with van der Waals surface area (Å²) in [5.74, 6) is -2.00. The average Bonchev–Trinajstić information content (AvgIpc) is 2.91. The Morgan fingerprint density at radius 1 is 0.658 bits per heavy atom. The fraction of sp³-hybridized carbons (Fsp3) is 0.824. The first-order valence-corrected chi connectivity index (χ1v) is 16.3. The molecule has 0 saturated carbocycles. The van der Waals surface area contributed by atoms with Gasteiger partial charge in [-0.2, -0.15) is 0 Å². The van der Waals surface area contributed by atoms with Crippen molar-refractivity contribution in [1.82, 2.24) is 0 Å². The zero-order valence-electron chi connectivity index (χ0n) is 25.1. The van der Waals surface area contributed by atoms with E-state index in [-0.39, 0.29) is 13.0 Å². The fourth-order valence-corrected chi connectivity index (χ4v) is 4.95. The highest BCUT2D eigenvalue weighted by molar-refractivity contribution is 5.78. The quantitative estimate of drug-likeness (QED) is 0.0565. The Hall–Kier alpha value is -1.58. The third kappa shape index (κ3) is 27.5. The van der Waals surface area contributed by atoms with Gasteiger partial charge in [0.25, 0.3) is 0 Å². The Balaban J connectivity index is 3.36. The molecule has 0 aromatic carbocycles. The topological polar surface area (TPSA) is 63.6 Å². The minimum atomic E-state index is -0.906. The predicted molar refractivity (Wildman–Crippen MR) is 163 cm³/mol. The number of unbranched alkanes of at least 4 members (excludes halogenated alkanes) is 21. The second-order valence-corrected chi connectivity index (χ2v) is 11.1. The maximum absolute atomic E-state index is 11.6. The predicted octanol–water partition coefficient (Wildman–Crippen LogP) is 10.7. The van der Waals surface area contributed by atoms with E-state index in [2.05, 4.69) is 25.7 Å². The fourth-order valence-electron chi connectivity index (χ4n) is 4.95. The number of hydrogen-bond acceptors (Lipinski definition) is 3. The first-order chi connectivity index (χ1) is 18.6. The zero-order chi connectivity index (χ0) is 27.9. The lowest BCUT2D eigenvalue weighted by Gasteiger charge is -2.11. The molecule has 0 aliphatic carbocycles. The van der Waals surface area contributed by atoms with Crippen molar-refractivity contribution in [2.75, 3.05) is 6.61 Å². The van der Waals surface area contributed by atoms with E-state index < -0.39 is 17.9 Å². The maximum Gasteiger partial charge on any atom is 0.307 e. The molecule has 1 atom stereocenters. The van der Waals surface area contributed by atoms with Gasteiger partial charge in [-0.15, -0.1) is 0 Å². The Kier molecular flexibility index (Phi) is 28.7. The molecule has 4 heteroatoms. The highest BCUT2D eigenvalue weighted by Gasteiger charge is 2.21. The van der Waals surface area contributed by atoms with Crippen LogP contribution >= 0.6 is 0 Å². The van der Waals surface area contributed by atoms with Crippen LogP contribution in [0.5, 0.6) is 0 Å². The number of rotatable bonds is 30. The molecule has 0 rings (SSSR count). The highest BCUT2D eigenvalue weighted by atomic mass is 16.5. The molecule has 0 fully saturated rings. The van der Waals surface area contributed by atoms with Crippen LogP contribution in [0.25, 0.3) is 0 Å². The molecule has 4 nitrogen and oxygen atoms in total. The van der Waals surface area contributed by atoms with Gasteiger partial charge >= 0.3 is 11.9 Å². The zero-order valence-corrected chi connectivity index (χ0v) is 25.1. The average molecular weight is 535 g/mol. The molecule has 0 aromatic rings. The van der Waals surface area contributed by atoms with Crippen LogP contribution in [0.1, 0.15) is 167 Å². The van der Waals surface area contributed by atoms with E-state index in [1.54, 1.807) is 0 Å². The molecule has 1 N–H and O–H groups in total. The molecule has 0 saturated heterocycles. The van der Waals surface area contributed by atoms with E-state index >= 15 is 0 Å². The second-order valence-electron chi connectivity index (χ2n) is 11.1. The summed E-state index contributed by atoms with van der Waals surface area (Å²) in [4.78, 5) is 23.0. The van der Waals surface area contributed by atoms with Gasteiger partial charge in [0.1, 0.15) is 6.61 Å². The van der Waals surface area contributed by atoms with Gasteiger partial charge in [0.2, 0.25) is 0 Å². The van der Waals surface area contributed by atoms with Crippen LogP contribution in [0.15, 0.2) is 24.8 Å². The Bertz CT molecular complexity index is 569. The molecular weight excluding hydrogens is 472 g/mol. The van der Waals surface area contributed by atoms with Gasteiger partial charge in [-0.3, -0.25) is 9.59 Å². The summed E-state index contributed by atoms with van der Waals surface area (Å²) in [6.07, 6.45) is 37.1. The van der Waals surface area contributed by atoms with Crippen molar-refractivity contribution in [3.63, 3.8) is 0 Å². The van der Waals surface area contributed by atoms with E-state index in [4.69, 9.17) is 4.74 Å². The number of hydrogen-bond donors (Lipinski definition) is 1. The van der Waals surface area contributed by atoms with E-state index in [9.17, 15) is 14.7 Å². The third-order valence-corrected chi connectivity index (χ3v) is 7.44. The SMILES string of the molecule is C=CCOC(=O)CC(CCCCCCCC/C=C/CCCCCCCCCCCCCCCCC)C(=O)O. The molecule has 0 aliphatic heterocycles. The van der Waals surface area contributed by atoms with Crippen LogP contribution < -0.4 is 0 Å². The van der Waals surface area contributed by atoms with E-state index in [0.717, 1.165) is 19.3 Å². The molecule has 1 unspecified atom stereocenters. The number of carboxylic acid groups (broad SMARTS) is 1. The van der Waals surface area contributed by atoms with E-state index in [1.807, 2.05) is 0 Å². The third-order valence-electron chi connectivity index (χ3n) is 7.44. The van der Waals surface area contributed by atoms with Gasteiger partial charge in [0.15, 0.2) is 0 Å². The molecule has 0 amide bonds.